The predicted molar refractivity (Wildman–Crippen MR) is 106 cm³/mol. The van der Waals surface area contributed by atoms with Crippen LogP contribution in [0.4, 0.5) is 25.8 Å². The van der Waals surface area contributed by atoms with Gasteiger partial charge >= 0.3 is 0 Å². The van der Waals surface area contributed by atoms with Gasteiger partial charge in [0.25, 0.3) is 0 Å². The quantitative estimate of drug-likeness (QED) is 0.817. The molecule has 3 rings (SSSR count). The van der Waals surface area contributed by atoms with Gasteiger partial charge in [-0.25, -0.2) is 8.78 Å². The Balaban J connectivity index is 1.63. The highest BCUT2D eigenvalue weighted by Gasteiger charge is 2.17. The van der Waals surface area contributed by atoms with Crippen molar-refractivity contribution < 1.29 is 18.4 Å². The van der Waals surface area contributed by atoms with Gasteiger partial charge in [-0.05, 0) is 49.2 Å². The van der Waals surface area contributed by atoms with E-state index in [0.29, 0.717) is 5.69 Å². The van der Waals surface area contributed by atoms with Crippen molar-refractivity contribution in [3.8, 4) is 0 Å². The molecule has 1 aliphatic rings. The molecule has 0 aromatic heterocycles. The van der Waals surface area contributed by atoms with E-state index in [9.17, 15) is 18.4 Å². The van der Waals surface area contributed by atoms with Crippen molar-refractivity contribution in [2.45, 2.75) is 26.2 Å². The average molecular weight is 387 g/mol. The first-order valence-corrected chi connectivity index (χ1v) is 9.32. The second-order valence-corrected chi connectivity index (χ2v) is 6.78. The van der Waals surface area contributed by atoms with E-state index in [1.165, 1.54) is 30.7 Å². The number of anilines is 3. The maximum atomic E-state index is 13.6. The van der Waals surface area contributed by atoms with Gasteiger partial charge in [-0.2, -0.15) is 0 Å². The van der Waals surface area contributed by atoms with Crippen molar-refractivity contribution in [2.24, 2.45) is 0 Å². The molecule has 5 nitrogen and oxygen atoms in total. The number of hydrogen-bond donors (Lipinski definition) is 1. The summed E-state index contributed by atoms with van der Waals surface area (Å²) in [6, 6.07) is 11.0. The zero-order chi connectivity index (χ0) is 20.1. The fraction of sp³-hybridized carbons (Fsp3) is 0.333. The zero-order valence-corrected chi connectivity index (χ0v) is 15.8. The van der Waals surface area contributed by atoms with Crippen LogP contribution in [0.2, 0.25) is 0 Å². The number of benzene rings is 2. The molecule has 0 saturated carbocycles. The summed E-state index contributed by atoms with van der Waals surface area (Å²) in [7, 11) is 0. The highest BCUT2D eigenvalue weighted by atomic mass is 19.1. The number of para-hydroxylation sites is 1. The van der Waals surface area contributed by atoms with E-state index in [1.807, 2.05) is 24.3 Å². The summed E-state index contributed by atoms with van der Waals surface area (Å²) >= 11 is 0. The molecule has 2 aromatic rings. The molecule has 2 aromatic carbocycles. The predicted octanol–water partition coefficient (Wildman–Crippen LogP) is 3.95. The molecule has 1 saturated heterocycles. The molecule has 2 amide bonds. The van der Waals surface area contributed by atoms with Crippen LogP contribution in [-0.2, 0) is 9.59 Å². The molecule has 0 bridgehead atoms. The van der Waals surface area contributed by atoms with Gasteiger partial charge in [-0.1, -0.05) is 6.07 Å². The normalized spacial score (nSPS) is 13.5. The number of nitrogens with zero attached hydrogens (tertiary/aromatic N) is 2. The summed E-state index contributed by atoms with van der Waals surface area (Å²) < 4.78 is 27.3. The summed E-state index contributed by atoms with van der Waals surface area (Å²) in [6.07, 6.45) is 2.28. The molecule has 0 spiro atoms. The lowest BCUT2D eigenvalue weighted by molar-refractivity contribution is -0.117. The Bertz CT molecular complexity index is 829. The van der Waals surface area contributed by atoms with Crippen molar-refractivity contribution in [1.29, 1.82) is 0 Å². The fourth-order valence-corrected chi connectivity index (χ4v) is 3.32. The lowest BCUT2D eigenvalue weighted by Crippen LogP contribution is -2.32. The Kier molecular flexibility index (Phi) is 6.23. The molecule has 0 atom stereocenters. The highest BCUT2D eigenvalue weighted by molar-refractivity contribution is 5.95. The van der Waals surface area contributed by atoms with Crippen LogP contribution in [0.15, 0.2) is 42.5 Å². The second kappa shape index (κ2) is 8.82. The first-order chi connectivity index (χ1) is 13.5. The number of hydrogen-bond acceptors (Lipinski definition) is 3. The van der Waals surface area contributed by atoms with Crippen molar-refractivity contribution >= 4 is 28.9 Å². The molecule has 1 heterocycles. The minimum absolute atomic E-state index is 0.0821. The third-order valence-corrected chi connectivity index (χ3v) is 4.80. The summed E-state index contributed by atoms with van der Waals surface area (Å²) in [5.74, 6) is -2.45. The van der Waals surface area contributed by atoms with E-state index >= 15 is 0 Å². The van der Waals surface area contributed by atoms with Gasteiger partial charge in [0.1, 0.15) is 17.3 Å². The molecule has 0 aliphatic carbocycles. The zero-order valence-electron chi connectivity index (χ0n) is 15.8. The third-order valence-electron chi connectivity index (χ3n) is 4.80. The van der Waals surface area contributed by atoms with Gasteiger partial charge in [0.05, 0.1) is 0 Å². The smallest absolute Gasteiger partial charge is 0.226 e. The summed E-state index contributed by atoms with van der Waals surface area (Å²) in [5.41, 5.74) is 1.31. The number of rotatable bonds is 6. The summed E-state index contributed by atoms with van der Waals surface area (Å²) in [5, 5.41) is 2.24. The highest BCUT2D eigenvalue weighted by Crippen LogP contribution is 2.24. The van der Waals surface area contributed by atoms with E-state index in [0.717, 1.165) is 30.9 Å². The third kappa shape index (κ3) is 4.65. The standard InChI is InChI=1S/C21H23F2N3O2/c1-15(27)26(17-9-7-16(8-10-17)25-12-2-3-13-25)14-11-20(28)24-21-18(22)5-4-6-19(21)23/h4-10H,2-3,11-14H2,1H3,(H,24,28). The first kappa shape index (κ1) is 19.8. The van der Waals surface area contributed by atoms with Crippen LogP contribution >= 0.6 is 0 Å². The maximum Gasteiger partial charge on any atom is 0.226 e. The number of nitrogens with one attached hydrogen (secondary N) is 1. The Morgan fingerprint density at radius 2 is 1.64 bits per heavy atom. The minimum Gasteiger partial charge on any atom is -0.372 e. The van der Waals surface area contributed by atoms with Crippen LogP contribution in [0.3, 0.4) is 0 Å². The van der Waals surface area contributed by atoms with Gasteiger partial charge in [-0.3, -0.25) is 9.59 Å². The molecular weight excluding hydrogens is 364 g/mol. The van der Waals surface area contributed by atoms with E-state index < -0.39 is 23.2 Å². The number of carbonyl (C=O) groups is 2. The molecule has 7 heteroatoms. The Labute approximate surface area is 162 Å². The molecule has 1 aliphatic heterocycles. The Hall–Kier alpha value is -2.96. The molecular formula is C21H23F2N3O2. The van der Waals surface area contributed by atoms with Crippen LogP contribution in [-0.4, -0.2) is 31.4 Å². The van der Waals surface area contributed by atoms with Crippen LogP contribution in [0, 0.1) is 11.6 Å². The molecule has 0 unspecified atom stereocenters. The van der Waals surface area contributed by atoms with E-state index in [4.69, 9.17) is 0 Å². The van der Waals surface area contributed by atoms with Crippen molar-refractivity contribution in [3.63, 3.8) is 0 Å². The number of amides is 2. The molecule has 28 heavy (non-hydrogen) atoms. The Morgan fingerprint density at radius 3 is 2.21 bits per heavy atom. The van der Waals surface area contributed by atoms with Crippen LogP contribution in [0.1, 0.15) is 26.2 Å². The second-order valence-electron chi connectivity index (χ2n) is 6.78. The summed E-state index contributed by atoms with van der Waals surface area (Å²) in [4.78, 5) is 27.9. The van der Waals surface area contributed by atoms with Crippen LogP contribution in [0.5, 0.6) is 0 Å². The van der Waals surface area contributed by atoms with Crippen molar-refractivity contribution in [2.75, 3.05) is 34.8 Å². The monoisotopic (exact) mass is 387 g/mol. The fourth-order valence-electron chi connectivity index (χ4n) is 3.32. The minimum atomic E-state index is -0.839. The number of halogens is 2. The largest absolute Gasteiger partial charge is 0.372 e. The van der Waals surface area contributed by atoms with E-state index in [-0.39, 0.29) is 18.9 Å². The van der Waals surface area contributed by atoms with Crippen molar-refractivity contribution in [1.82, 2.24) is 0 Å². The lowest BCUT2D eigenvalue weighted by atomic mass is 10.2. The van der Waals surface area contributed by atoms with Gasteiger partial charge in [0.15, 0.2) is 0 Å². The summed E-state index contributed by atoms with van der Waals surface area (Å²) in [6.45, 7) is 3.59. The van der Waals surface area contributed by atoms with Crippen LogP contribution in [0.25, 0.3) is 0 Å². The topological polar surface area (TPSA) is 52.7 Å². The number of carbonyl (C=O) groups excluding carboxylic acids is 2. The molecule has 1 N–H and O–H groups in total. The first-order valence-electron chi connectivity index (χ1n) is 9.32. The molecule has 1 fully saturated rings. The SMILES string of the molecule is CC(=O)N(CCC(=O)Nc1c(F)cccc1F)c1ccc(N2CCCC2)cc1. The van der Waals surface area contributed by atoms with Gasteiger partial charge in [-0.15, -0.1) is 0 Å². The average Bonchev–Trinajstić information content (AvgIpc) is 3.20. The van der Waals surface area contributed by atoms with Gasteiger partial charge in [0.2, 0.25) is 11.8 Å². The lowest BCUT2D eigenvalue weighted by Gasteiger charge is -2.23. The van der Waals surface area contributed by atoms with Crippen molar-refractivity contribution in [3.05, 3.63) is 54.1 Å². The van der Waals surface area contributed by atoms with Gasteiger partial charge < -0.3 is 15.1 Å². The van der Waals surface area contributed by atoms with Gasteiger partial charge in [0, 0.05) is 44.4 Å². The molecule has 0 radical (unpaired) electrons. The van der Waals surface area contributed by atoms with E-state index in [2.05, 4.69) is 10.2 Å². The Morgan fingerprint density at radius 1 is 1.04 bits per heavy atom. The maximum absolute atomic E-state index is 13.6. The van der Waals surface area contributed by atoms with Crippen LogP contribution < -0.4 is 15.1 Å². The molecule has 148 valence electrons. The van der Waals surface area contributed by atoms with E-state index in [1.54, 1.807) is 0 Å².